The predicted octanol–water partition coefficient (Wildman–Crippen LogP) is 5.94. The number of hydrogen-bond acceptors (Lipinski definition) is 2. The SMILES string of the molecule is Cc1ccsc1C1CCCCCN1Cc1ccc(Br)cc1. The van der Waals surface area contributed by atoms with Crippen molar-refractivity contribution in [3.63, 3.8) is 0 Å². The van der Waals surface area contributed by atoms with Crippen molar-refractivity contribution >= 4 is 27.3 Å². The largest absolute Gasteiger partial charge is 0.291 e. The fourth-order valence-corrected chi connectivity index (χ4v) is 4.57. The molecular weight excluding hydrogens is 342 g/mol. The van der Waals surface area contributed by atoms with Gasteiger partial charge in [0.15, 0.2) is 0 Å². The highest BCUT2D eigenvalue weighted by Gasteiger charge is 2.24. The summed E-state index contributed by atoms with van der Waals surface area (Å²) in [6.45, 7) is 4.54. The molecule has 2 aromatic rings. The minimum Gasteiger partial charge on any atom is -0.291 e. The normalized spacial score (nSPS) is 20.4. The summed E-state index contributed by atoms with van der Waals surface area (Å²) in [7, 11) is 0. The zero-order valence-corrected chi connectivity index (χ0v) is 14.9. The summed E-state index contributed by atoms with van der Waals surface area (Å²) in [5, 5.41) is 2.24. The molecule has 0 N–H and O–H groups in total. The number of halogens is 1. The van der Waals surface area contributed by atoms with Gasteiger partial charge in [-0.2, -0.15) is 0 Å². The fraction of sp³-hybridized carbons (Fsp3) is 0.444. The van der Waals surface area contributed by atoms with Crippen LogP contribution in [0.25, 0.3) is 0 Å². The Balaban J connectivity index is 1.82. The smallest absolute Gasteiger partial charge is 0.0447 e. The lowest BCUT2D eigenvalue weighted by molar-refractivity contribution is 0.195. The molecule has 1 unspecified atom stereocenters. The van der Waals surface area contributed by atoms with Crippen LogP contribution in [0.5, 0.6) is 0 Å². The molecule has 1 fully saturated rings. The average molecular weight is 364 g/mol. The van der Waals surface area contributed by atoms with Crippen LogP contribution in [0.4, 0.5) is 0 Å². The summed E-state index contributed by atoms with van der Waals surface area (Å²) >= 11 is 5.46. The van der Waals surface area contributed by atoms with Crippen molar-refractivity contribution in [3.8, 4) is 0 Å². The first-order valence-electron chi connectivity index (χ1n) is 7.76. The quantitative estimate of drug-likeness (QED) is 0.652. The standard InChI is InChI=1S/C18H22BrNS/c1-14-10-12-21-18(14)17-5-3-2-4-11-20(17)13-15-6-8-16(19)9-7-15/h6-10,12,17H,2-5,11,13H2,1H3. The number of aryl methyl sites for hydroxylation is 1. The molecule has 0 aliphatic carbocycles. The number of hydrogen-bond donors (Lipinski definition) is 0. The van der Waals surface area contributed by atoms with E-state index in [0.717, 1.165) is 11.0 Å². The Morgan fingerprint density at radius 3 is 2.67 bits per heavy atom. The molecule has 3 heteroatoms. The number of thiophene rings is 1. The maximum absolute atomic E-state index is 3.52. The van der Waals surface area contributed by atoms with Crippen LogP contribution in [0.1, 0.15) is 47.7 Å². The van der Waals surface area contributed by atoms with Gasteiger partial charge in [-0.15, -0.1) is 11.3 Å². The second-order valence-electron chi connectivity index (χ2n) is 5.93. The van der Waals surface area contributed by atoms with Gasteiger partial charge >= 0.3 is 0 Å². The Bertz CT molecular complexity index is 575. The third-order valence-corrected chi connectivity index (χ3v) is 6.02. The molecule has 1 aliphatic rings. The van der Waals surface area contributed by atoms with E-state index in [-0.39, 0.29) is 0 Å². The Hall–Kier alpha value is -0.640. The minimum atomic E-state index is 0.608. The lowest BCUT2D eigenvalue weighted by atomic mass is 10.0. The summed E-state index contributed by atoms with van der Waals surface area (Å²) in [5.41, 5.74) is 2.88. The first-order chi connectivity index (χ1) is 10.2. The maximum Gasteiger partial charge on any atom is 0.0447 e. The first-order valence-corrected chi connectivity index (χ1v) is 9.44. The third kappa shape index (κ3) is 3.77. The molecule has 1 saturated heterocycles. The van der Waals surface area contributed by atoms with Crippen LogP contribution < -0.4 is 0 Å². The molecule has 1 nitrogen and oxygen atoms in total. The predicted molar refractivity (Wildman–Crippen MR) is 94.8 cm³/mol. The summed E-state index contributed by atoms with van der Waals surface area (Å²) in [4.78, 5) is 4.27. The molecule has 0 saturated carbocycles. The molecule has 112 valence electrons. The van der Waals surface area contributed by atoms with Crippen LogP contribution in [0.3, 0.4) is 0 Å². The maximum atomic E-state index is 3.52. The van der Waals surface area contributed by atoms with E-state index in [1.807, 2.05) is 11.3 Å². The van der Waals surface area contributed by atoms with Crippen molar-refractivity contribution in [1.82, 2.24) is 4.90 Å². The van der Waals surface area contributed by atoms with E-state index in [4.69, 9.17) is 0 Å². The van der Waals surface area contributed by atoms with Crippen molar-refractivity contribution in [1.29, 1.82) is 0 Å². The van der Waals surface area contributed by atoms with Gasteiger partial charge in [-0.25, -0.2) is 0 Å². The topological polar surface area (TPSA) is 3.24 Å². The molecule has 1 aromatic carbocycles. The first kappa shape index (κ1) is 15.3. The van der Waals surface area contributed by atoms with Gasteiger partial charge < -0.3 is 0 Å². The fourth-order valence-electron chi connectivity index (χ4n) is 3.20. The molecule has 1 aromatic heterocycles. The summed E-state index contributed by atoms with van der Waals surface area (Å²) in [6, 6.07) is 11.7. The van der Waals surface area contributed by atoms with E-state index in [1.165, 1.54) is 43.4 Å². The van der Waals surface area contributed by atoms with Crippen molar-refractivity contribution in [2.24, 2.45) is 0 Å². The number of likely N-dealkylation sites (tertiary alicyclic amines) is 1. The molecule has 2 heterocycles. The molecule has 0 amide bonds. The number of nitrogens with zero attached hydrogens (tertiary/aromatic N) is 1. The molecule has 1 aliphatic heterocycles. The van der Waals surface area contributed by atoms with Gasteiger partial charge in [0.1, 0.15) is 0 Å². The van der Waals surface area contributed by atoms with Gasteiger partial charge in [-0.1, -0.05) is 40.9 Å². The van der Waals surface area contributed by atoms with Crippen LogP contribution in [-0.2, 0) is 6.54 Å². The summed E-state index contributed by atoms with van der Waals surface area (Å²) in [5.74, 6) is 0. The molecule has 1 atom stereocenters. The van der Waals surface area contributed by atoms with E-state index < -0.39 is 0 Å². The van der Waals surface area contributed by atoms with Gasteiger partial charge in [-0.05, 0) is 61.0 Å². The Morgan fingerprint density at radius 1 is 1.14 bits per heavy atom. The minimum absolute atomic E-state index is 0.608. The lowest BCUT2D eigenvalue weighted by Gasteiger charge is -2.30. The van der Waals surface area contributed by atoms with Crippen LogP contribution in [0, 0.1) is 6.92 Å². The van der Waals surface area contributed by atoms with E-state index in [2.05, 4.69) is 63.5 Å². The highest BCUT2D eigenvalue weighted by molar-refractivity contribution is 9.10. The summed E-state index contributed by atoms with van der Waals surface area (Å²) in [6.07, 6.45) is 5.37. The van der Waals surface area contributed by atoms with Crippen LogP contribution >= 0.6 is 27.3 Å². The second kappa shape index (κ2) is 7.08. The highest BCUT2D eigenvalue weighted by Crippen LogP contribution is 2.36. The zero-order valence-electron chi connectivity index (χ0n) is 12.5. The second-order valence-corrected chi connectivity index (χ2v) is 7.79. The van der Waals surface area contributed by atoms with E-state index in [0.29, 0.717) is 6.04 Å². The molecule has 0 radical (unpaired) electrons. The van der Waals surface area contributed by atoms with Crippen LogP contribution in [0.2, 0.25) is 0 Å². The molecule has 3 rings (SSSR count). The van der Waals surface area contributed by atoms with Crippen molar-refractivity contribution in [2.75, 3.05) is 6.54 Å². The molecule has 0 spiro atoms. The number of rotatable bonds is 3. The van der Waals surface area contributed by atoms with Gasteiger partial charge in [0.2, 0.25) is 0 Å². The summed E-state index contributed by atoms with van der Waals surface area (Å²) < 4.78 is 1.16. The highest BCUT2D eigenvalue weighted by atomic mass is 79.9. The van der Waals surface area contributed by atoms with Gasteiger partial charge in [0.25, 0.3) is 0 Å². The lowest BCUT2D eigenvalue weighted by Crippen LogP contribution is -2.28. The van der Waals surface area contributed by atoms with Gasteiger partial charge in [0, 0.05) is 21.9 Å². The van der Waals surface area contributed by atoms with Crippen LogP contribution in [-0.4, -0.2) is 11.4 Å². The zero-order chi connectivity index (χ0) is 14.7. The number of benzene rings is 1. The van der Waals surface area contributed by atoms with Crippen molar-refractivity contribution in [2.45, 2.75) is 45.2 Å². The van der Waals surface area contributed by atoms with Gasteiger partial charge in [-0.3, -0.25) is 4.90 Å². The Labute approximate surface area is 140 Å². The monoisotopic (exact) mass is 363 g/mol. The van der Waals surface area contributed by atoms with E-state index in [1.54, 1.807) is 4.88 Å². The molecule has 21 heavy (non-hydrogen) atoms. The third-order valence-electron chi connectivity index (χ3n) is 4.37. The molecule has 0 bridgehead atoms. The Morgan fingerprint density at radius 2 is 1.95 bits per heavy atom. The average Bonchev–Trinajstić information content (AvgIpc) is 2.77. The Kier molecular flexibility index (Phi) is 5.15. The van der Waals surface area contributed by atoms with Crippen molar-refractivity contribution < 1.29 is 0 Å². The van der Waals surface area contributed by atoms with E-state index in [9.17, 15) is 0 Å². The van der Waals surface area contributed by atoms with Crippen LogP contribution in [0.15, 0.2) is 40.2 Å². The molecular formula is C18H22BrNS. The van der Waals surface area contributed by atoms with E-state index >= 15 is 0 Å². The van der Waals surface area contributed by atoms with Gasteiger partial charge in [0.05, 0.1) is 0 Å². The van der Waals surface area contributed by atoms with Crippen molar-refractivity contribution in [3.05, 3.63) is 56.2 Å².